The number of benzene rings is 1. The summed E-state index contributed by atoms with van der Waals surface area (Å²) in [5.41, 5.74) is 1.48. The molecule has 1 aromatic carbocycles. The number of hydrogen-bond donors (Lipinski definition) is 1. The maximum absolute atomic E-state index is 5.54. The highest BCUT2D eigenvalue weighted by atomic mass is 35.5. The second-order valence-corrected chi connectivity index (χ2v) is 5.59. The first kappa shape index (κ1) is 18.7. The molecule has 0 spiro atoms. The smallest absolute Gasteiger partial charge is 0.0469 e. The van der Waals surface area contributed by atoms with Crippen molar-refractivity contribution in [3.8, 4) is 0 Å². The molecule has 21 heavy (non-hydrogen) atoms. The van der Waals surface area contributed by atoms with Gasteiger partial charge in [0.15, 0.2) is 0 Å². The van der Waals surface area contributed by atoms with Crippen LogP contribution in [0.15, 0.2) is 30.3 Å². The fourth-order valence-corrected chi connectivity index (χ4v) is 3.42. The number of rotatable bonds is 3. The van der Waals surface area contributed by atoms with Crippen LogP contribution in [0.25, 0.3) is 0 Å². The zero-order valence-corrected chi connectivity index (χ0v) is 14.0. The van der Waals surface area contributed by atoms with E-state index in [-0.39, 0.29) is 24.8 Å². The Kier molecular flexibility index (Phi) is 8.60. The molecule has 0 aliphatic carbocycles. The van der Waals surface area contributed by atoms with Crippen LogP contribution in [0.3, 0.4) is 0 Å². The molecule has 120 valence electrons. The Hall–Kier alpha value is -0.320. The van der Waals surface area contributed by atoms with Gasteiger partial charge in [-0.3, -0.25) is 4.90 Å². The van der Waals surface area contributed by atoms with E-state index in [9.17, 15) is 0 Å². The van der Waals surface area contributed by atoms with Crippen molar-refractivity contribution in [2.75, 3.05) is 39.4 Å². The lowest BCUT2D eigenvalue weighted by molar-refractivity contribution is 0.0213. The molecule has 2 aliphatic heterocycles. The molecular formula is C16H26Cl2N2O. The molecule has 2 saturated heterocycles. The summed E-state index contributed by atoms with van der Waals surface area (Å²) in [5, 5.41) is 3.46. The van der Waals surface area contributed by atoms with E-state index in [1.807, 2.05) is 0 Å². The molecule has 3 nitrogen and oxygen atoms in total. The van der Waals surface area contributed by atoms with Gasteiger partial charge >= 0.3 is 0 Å². The highest BCUT2D eigenvalue weighted by Gasteiger charge is 2.30. The summed E-state index contributed by atoms with van der Waals surface area (Å²) in [5.74, 6) is 0.745. The van der Waals surface area contributed by atoms with E-state index in [4.69, 9.17) is 4.74 Å². The lowest BCUT2D eigenvalue weighted by Gasteiger charge is -2.41. The van der Waals surface area contributed by atoms with Crippen molar-refractivity contribution in [1.29, 1.82) is 0 Å². The summed E-state index contributed by atoms with van der Waals surface area (Å²) in [6, 6.07) is 11.6. The van der Waals surface area contributed by atoms with Gasteiger partial charge in [-0.15, -0.1) is 24.8 Å². The number of nitrogens with zero attached hydrogens (tertiary/aromatic N) is 1. The molecule has 0 amide bonds. The third-order valence-corrected chi connectivity index (χ3v) is 4.40. The largest absolute Gasteiger partial charge is 0.381 e. The predicted molar refractivity (Wildman–Crippen MR) is 91.7 cm³/mol. The molecule has 2 heterocycles. The van der Waals surface area contributed by atoms with Crippen molar-refractivity contribution in [3.05, 3.63) is 35.9 Å². The third-order valence-electron chi connectivity index (χ3n) is 4.40. The summed E-state index contributed by atoms with van der Waals surface area (Å²) in [6.45, 7) is 6.42. The molecule has 0 saturated carbocycles. The van der Waals surface area contributed by atoms with Gasteiger partial charge < -0.3 is 10.1 Å². The highest BCUT2D eigenvalue weighted by Crippen LogP contribution is 2.35. The van der Waals surface area contributed by atoms with E-state index in [0.717, 1.165) is 45.3 Å². The molecule has 2 aliphatic rings. The van der Waals surface area contributed by atoms with E-state index < -0.39 is 0 Å². The Morgan fingerprint density at radius 1 is 1.00 bits per heavy atom. The topological polar surface area (TPSA) is 24.5 Å². The van der Waals surface area contributed by atoms with Gasteiger partial charge in [-0.2, -0.15) is 0 Å². The Morgan fingerprint density at radius 3 is 2.24 bits per heavy atom. The summed E-state index contributed by atoms with van der Waals surface area (Å²) >= 11 is 0. The Balaban J connectivity index is 0.00000110. The van der Waals surface area contributed by atoms with Crippen LogP contribution in [0.2, 0.25) is 0 Å². The van der Waals surface area contributed by atoms with Gasteiger partial charge in [0.05, 0.1) is 0 Å². The van der Waals surface area contributed by atoms with E-state index in [1.54, 1.807) is 0 Å². The summed E-state index contributed by atoms with van der Waals surface area (Å²) in [7, 11) is 0. The zero-order chi connectivity index (χ0) is 12.9. The fourth-order valence-electron chi connectivity index (χ4n) is 3.42. The van der Waals surface area contributed by atoms with Crippen molar-refractivity contribution in [2.24, 2.45) is 5.92 Å². The van der Waals surface area contributed by atoms with Crippen molar-refractivity contribution in [2.45, 2.75) is 18.9 Å². The molecule has 0 aromatic heterocycles. The maximum atomic E-state index is 5.54. The van der Waals surface area contributed by atoms with Crippen LogP contribution in [0.4, 0.5) is 0 Å². The van der Waals surface area contributed by atoms with Gasteiger partial charge in [0.2, 0.25) is 0 Å². The van der Waals surface area contributed by atoms with Crippen molar-refractivity contribution in [1.82, 2.24) is 10.2 Å². The molecule has 0 unspecified atom stereocenters. The van der Waals surface area contributed by atoms with Crippen LogP contribution in [0.5, 0.6) is 0 Å². The minimum atomic E-state index is 0. The van der Waals surface area contributed by atoms with Crippen molar-refractivity contribution in [3.63, 3.8) is 0 Å². The number of hydrogen-bond acceptors (Lipinski definition) is 3. The highest BCUT2D eigenvalue weighted by molar-refractivity contribution is 5.85. The minimum absolute atomic E-state index is 0. The van der Waals surface area contributed by atoms with Crippen LogP contribution >= 0.6 is 24.8 Å². The second kappa shape index (κ2) is 9.65. The molecule has 2 fully saturated rings. The SMILES string of the molecule is Cl.Cl.c1ccc([C@H](C2CCOCC2)N2CCNCC2)cc1. The van der Waals surface area contributed by atoms with E-state index in [2.05, 4.69) is 40.5 Å². The average molecular weight is 333 g/mol. The normalized spacial score (nSPS) is 21.9. The average Bonchev–Trinajstić information content (AvgIpc) is 2.51. The molecule has 3 rings (SSSR count). The molecule has 0 radical (unpaired) electrons. The van der Waals surface area contributed by atoms with Crippen LogP contribution < -0.4 is 5.32 Å². The number of piperazine rings is 1. The standard InChI is InChI=1S/C16H24N2O.2ClH/c1-2-4-14(5-3-1)16(15-6-12-19-13-7-15)18-10-8-17-9-11-18;;/h1-5,15-17H,6-13H2;2*1H/t16-;;/m1../s1. The quantitative estimate of drug-likeness (QED) is 0.921. The first-order chi connectivity index (χ1) is 9.45. The van der Waals surface area contributed by atoms with Crippen LogP contribution in [-0.4, -0.2) is 44.3 Å². The van der Waals surface area contributed by atoms with Crippen LogP contribution in [0, 0.1) is 5.92 Å². The first-order valence-corrected chi connectivity index (χ1v) is 7.52. The molecule has 1 aromatic rings. The van der Waals surface area contributed by atoms with Gasteiger partial charge in [-0.05, 0) is 24.3 Å². The van der Waals surface area contributed by atoms with Gasteiger partial charge in [-0.25, -0.2) is 0 Å². The van der Waals surface area contributed by atoms with E-state index >= 15 is 0 Å². The van der Waals surface area contributed by atoms with Gasteiger partial charge in [0.1, 0.15) is 0 Å². The van der Waals surface area contributed by atoms with E-state index in [0.29, 0.717) is 6.04 Å². The number of ether oxygens (including phenoxy) is 1. The van der Waals surface area contributed by atoms with Gasteiger partial charge in [-0.1, -0.05) is 30.3 Å². The molecule has 0 bridgehead atoms. The monoisotopic (exact) mass is 332 g/mol. The molecule has 5 heteroatoms. The number of nitrogens with one attached hydrogen (secondary N) is 1. The lowest BCUT2D eigenvalue weighted by atomic mass is 9.85. The molecule has 1 atom stereocenters. The fraction of sp³-hybridized carbons (Fsp3) is 0.625. The summed E-state index contributed by atoms with van der Waals surface area (Å²) < 4.78 is 5.54. The van der Waals surface area contributed by atoms with E-state index in [1.165, 1.54) is 18.4 Å². The summed E-state index contributed by atoms with van der Waals surface area (Å²) in [6.07, 6.45) is 2.40. The van der Waals surface area contributed by atoms with Gasteiger partial charge in [0.25, 0.3) is 0 Å². The Labute approximate surface area is 140 Å². The van der Waals surface area contributed by atoms with Crippen LogP contribution in [-0.2, 0) is 4.74 Å². The van der Waals surface area contributed by atoms with Crippen molar-refractivity contribution < 1.29 is 4.74 Å². The van der Waals surface area contributed by atoms with Gasteiger partial charge in [0, 0.05) is 45.4 Å². The van der Waals surface area contributed by atoms with Crippen molar-refractivity contribution >= 4 is 24.8 Å². The molecule has 1 N–H and O–H groups in total. The maximum Gasteiger partial charge on any atom is 0.0469 e. The third kappa shape index (κ3) is 4.83. The lowest BCUT2D eigenvalue weighted by Crippen LogP contribution is -2.47. The first-order valence-electron chi connectivity index (χ1n) is 7.52. The van der Waals surface area contributed by atoms with Crippen LogP contribution in [0.1, 0.15) is 24.4 Å². The molecular weight excluding hydrogens is 307 g/mol. The zero-order valence-electron chi connectivity index (χ0n) is 12.4. The summed E-state index contributed by atoms with van der Waals surface area (Å²) in [4.78, 5) is 2.67. The number of halogens is 2. The second-order valence-electron chi connectivity index (χ2n) is 5.59. The Morgan fingerprint density at radius 2 is 1.62 bits per heavy atom. The predicted octanol–water partition coefficient (Wildman–Crippen LogP) is 2.90. The minimum Gasteiger partial charge on any atom is -0.381 e. The Bertz CT molecular complexity index is 361.